The minimum Gasteiger partial charge on any atom is -0.356 e. The lowest BCUT2D eigenvalue weighted by Gasteiger charge is -2.34. The second kappa shape index (κ2) is 7.60. The number of amides is 1. The van der Waals surface area contributed by atoms with E-state index in [0.717, 1.165) is 42.7 Å². The first-order chi connectivity index (χ1) is 14.9. The van der Waals surface area contributed by atoms with Crippen LogP contribution in [0.15, 0.2) is 53.7 Å². The summed E-state index contributed by atoms with van der Waals surface area (Å²) in [7, 11) is -3.32. The Bertz CT molecular complexity index is 1270. The van der Waals surface area contributed by atoms with Gasteiger partial charge in [0.05, 0.1) is 10.4 Å². The van der Waals surface area contributed by atoms with E-state index < -0.39 is 9.84 Å². The summed E-state index contributed by atoms with van der Waals surface area (Å²) in [6, 6.07) is 13.1. The summed E-state index contributed by atoms with van der Waals surface area (Å²) in [5.41, 5.74) is 3.00. The zero-order valence-electron chi connectivity index (χ0n) is 17.4. The number of anilines is 2. The molecule has 5 rings (SSSR count). The third kappa shape index (κ3) is 3.65. The standard InChI is InChI=1S/C23H24N4O3S/c1-31(29,30)18-6-7-20-19(14-18)22(25-15-24-20)26-11-8-17(9-12-26)23(28)27-13-10-16-4-2-3-5-21(16)27/h2-7,14-15,17H,8-13H2,1H3. The molecular weight excluding hydrogens is 412 g/mol. The number of aromatic nitrogens is 2. The molecule has 1 fully saturated rings. The summed E-state index contributed by atoms with van der Waals surface area (Å²) in [6.45, 7) is 2.14. The summed E-state index contributed by atoms with van der Waals surface area (Å²) < 4.78 is 24.0. The number of piperidine rings is 1. The summed E-state index contributed by atoms with van der Waals surface area (Å²) in [4.78, 5) is 26.3. The van der Waals surface area contributed by atoms with Crippen LogP contribution in [0.2, 0.25) is 0 Å². The molecule has 0 aliphatic carbocycles. The van der Waals surface area contributed by atoms with Gasteiger partial charge in [-0.05, 0) is 49.1 Å². The number of benzene rings is 2. The molecule has 2 aliphatic heterocycles. The highest BCUT2D eigenvalue weighted by Crippen LogP contribution is 2.33. The Hall–Kier alpha value is -3.00. The molecular formula is C23H24N4O3S. The van der Waals surface area contributed by atoms with Gasteiger partial charge in [-0.25, -0.2) is 18.4 Å². The van der Waals surface area contributed by atoms with E-state index in [2.05, 4.69) is 20.9 Å². The molecule has 2 aliphatic rings. The van der Waals surface area contributed by atoms with E-state index in [4.69, 9.17) is 0 Å². The molecule has 2 aromatic carbocycles. The van der Waals surface area contributed by atoms with Crippen molar-refractivity contribution in [1.29, 1.82) is 0 Å². The van der Waals surface area contributed by atoms with Crippen LogP contribution in [0.5, 0.6) is 0 Å². The fraction of sp³-hybridized carbons (Fsp3) is 0.348. The van der Waals surface area contributed by atoms with Crippen LogP contribution in [0.3, 0.4) is 0 Å². The molecule has 1 amide bonds. The molecule has 7 nitrogen and oxygen atoms in total. The summed E-state index contributed by atoms with van der Waals surface area (Å²) in [5.74, 6) is 0.923. The largest absolute Gasteiger partial charge is 0.356 e. The van der Waals surface area contributed by atoms with Crippen LogP contribution in [0.4, 0.5) is 11.5 Å². The Balaban J connectivity index is 1.35. The molecule has 1 aromatic heterocycles. The van der Waals surface area contributed by atoms with E-state index in [1.54, 1.807) is 18.2 Å². The van der Waals surface area contributed by atoms with Gasteiger partial charge >= 0.3 is 0 Å². The maximum atomic E-state index is 13.2. The highest BCUT2D eigenvalue weighted by Gasteiger charge is 2.33. The summed E-state index contributed by atoms with van der Waals surface area (Å²) in [5, 5.41) is 0.726. The van der Waals surface area contributed by atoms with Crippen LogP contribution in [0.1, 0.15) is 18.4 Å². The van der Waals surface area contributed by atoms with Crippen molar-refractivity contribution in [2.45, 2.75) is 24.2 Å². The Labute approximate surface area is 181 Å². The van der Waals surface area contributed by atoms with Crippen LogP contribution in [-0.4, -0.2) is 50.2 Å². The SMILES string of the molecule is CS(=O)(=O)c1ccc2ncnc(N3CCC(C(=O)N4CCc5ccccc54)CC3)c2c1. The van der Waals surface area contributed by atoms with Crippen molar-refractivity contribution >= 4 is 38.2 Å². The van der Waals surface area contributed by atoms with Crippen LogP contribution >= 0.6 is 0 Å². The van der Waals surface area contributed by atoms with Gasteiger partial charge in [0.15, 0.2) is 9.84 Å². The van der Waals surface area contributed by atoms with E-state index in [1.165, 1.54) is 18.1 Å². The van der Waals surface area contributed by atoms with Gasteiger partial charge in [0.25, 0.3) is 0 Å². The molecule has 0 N–H and O–H groups in total. The predicted octanol–water partition coefficient (Wildman–Crippen LogP) is 2.84. The van der Waals surface area contributed by atoms with Crippen LogP contribution < -0.4 is 9.80 Å². The van der Waals surface area contributed by atoms with Crippen LogP contribution in [0, 0.1) is 5.92 Å². The first-order valence-electron chi connectivity index (χ1n) is 10.5. The smallest absolute Gasteiger partial charge is 0.230 e. The molecule has 160 valence electrons. The molecule has 1 saturated heterocycles. The zero-order chi connectivity index (χ0) is 21.6. The van der Waals surface area contributed by atoms with Gasteiger partial charge in [-0.1, -0.05) is 18.2 Å². The Morgan fingerprint density at radius 3 is 2.58 bits per heavy atom. The van der Waals surface area contributed by atoms with Crippen molar-refractivity contribution in [1.82, 2.24) is 9.97 Å². The predicted molar refractivity (Wildman–Crippen MR) is 120 cm³/mol. The van der Waals surface area contributed by atoms with E-state index in [1.807, 2.05) is 23.1 Å². The molecule has 8 heteroatoms. The number of nitrogens with zero attached hydrogens (tertiary/aromatic N) is 4. The third-order valence-electron chi connectivity index (χ3n) is 6.31. The topological polar surface area (TPSA) is 83.5 Å². The second-order valence-corrected chi connectivity index (χ2v) is 10.3. The molecule has 0 spiro atoms. The van der Waals surface area contributed by atoms with Crippen LogP contribution in [-0.2, 0) is 21.1 Å². The normalized spacial score (nSPS) is 17.2. The number of para-hydroxylation sites is 1. The van der Waals surface area contributed by atoms with Crippen molar-refractivity contribution in [2.75, 3.05) is 35.7 Å². The number of carbonyl (C=O) groups excluding carboxylic acids is 1. The Kier molecular flexibility index (Phi) is 4.89. The molecule has 0 radical (unpaired) electrons. The number of hydrogen-bond donors (Lipinski definition) is 0. The maximum absolute atomic E-state index is 13.2. The van der Waals surface area contributed by atoms with Gasteiger partial charge in [0, 0.05) is 42.9 Å². The van der Waals surface area contributed by atoms with Gasteiger partial charge in [-0.15, -0.1) is 0 Å². The van der Waals surface area contributed by atoms with Gasteiger partial charge in [0.1, 0.15) is 12.1 Å². The fourth-order valence-corrected chi connectivity index (χ4v) is 5.28. The third-order valence-corrected chi connectivity index (χ3v) is 7.42. The molecule has 0 atom stereocenters. The lowest BCUT2D eigenvalue weighted by Crippen LogP contribution is -2.42. The minimum atomic E-state index is -3.32. The van der Waals surface area contributed by atoms with E-state index in [0.29, 0.717) is 18.6 Å². The average molecular weight is 437 g/mol. The number of carbonyl (C=O) groups is 1. The lowest BCUT2D eigenvalue weighted by atomic mass is 9.95. The molecule has 0 bridgehead atoms. The van der Waals surface area contributed by atoms with Gasteiger partial charge < -0.3 is 9.80 Å². The summed E-state index contributed by atoms with van der Waals surface area (Å²) in [6.07, 6.45) is 5.11. The Morgan fingerprint density at radius 1 is 1.03 bits per heavy atom. The van der Waals surface area contributed by atoms with Crippen molar-refractivity contribution in [3.8, 4) is 0 Å². The minimum absolute atomic E-state index is 0.0120. The van der Waals surface area contributed by atoms with Crippen LogP contribution in [0.25, 0.3) is 10.9 Å². The van der Waals surface area contributed by atoms with E-state index >= 15 is 0 Å². The van der Waals surface area contributed by atoms with E-state index in [-0.39, 0.29) is 16.7 Å². The first kappa shape index (κ1) is 19.9. The number of rotatable bonds is 3. The molecule has 0 unspecified atom stereocenters. The second-order valence-electron chi connectivity index (χ2n) is 8.28. The maximum Gasteiger partial charge on any atom is 0.230 e. The monoisotopic (exact) mass is 436 g/mol. The Morgan fingerprint density at radius 2 is 1.81 bits per heavy atom. The molecule has 3 heterocycles. The van der Waals surface area contributed by atoms with Gasteiger partial charge in [0.2, 0.25) is 5.91 Å². The lowest BCUT2D eigenvalue weighted by molar-refractivity contribution is -0.122. The average Bonchev–Trinajstić information content (AvgIpc) is 3.21. The fourth-order valence-electron chi connectivity index (χ4n) is 4.63. The molecule has 0 saturated carbocycles. The number of fused-ring (bicyclic) bond motifs is 2. The number of hydrogen-bond acceptors (Lipinski definition) is 6. The van der Waals surface area contributed by atoms with Gasteiger partial charge in [-0.3, -0.25) is 4.79 Å². The van der Waals surface area contributed by atoms with Crippen molar-refractivity contribution in [3.05, 3.63) is 54.4 Å². The first-order valence-corrected chi connectivity index (χ1v) is 12.4. The molecule has 3 aromatic rings. The van der Waals surface area contributed by atoms with Crippen molar-refractivity contribution < 1.29 is 13.2 Å². The molecule has 31 heavy (non-hydrogen) atoms. The zero-order valence-corrected chi connectivity index (χ0v) is 18.2. The summed E-state index contributed by atoms with van der Waals surface area (Å²) >= 11 is 0. The highest BCUT2D eigenvalue weighted by atomic mass is 32.2. The number of sulfone groups is 1. The van der Waals surface area contributed by atoms with Crippen molar-refractivity contribution in [2.24, 2.45) is 5.92 Å². The van der Waals surface area contributed by atoms with Crippen molar-refractivity contribution in [3.63, 3.8) is 0 Å². The highest BCUT2D eigenvalue weighted by molar-refractivity contribution is 7.90. The van der Waals surface area contributed by atoms with Gasteiger partial charge in [-0.2, -0.15) is 0 Å². The quantitative estimate of drug-likeness (QED) is 0.628. The van der Waals surface area contributed by atoms with E-state index in [9.17, 15) is 13.2 Å².